The number of carbonyl (C=O) groups is 1. The number of hydrogen-bond acceptors (Lipinski definition) is 5. The lowest BCUT2D eigenvalue weighted by Crippen LogP contribution is -2.19. The Bertz CT molecular complexity index is 1490. The van der Waals surface area contributed by atoms with Crippen molar-refractivity contribution in [2.45, 2.75) is 33.8 Å². The van der Waals surface area contributed by atoms with Crippen molar-refractivity contribution in [1.82, 2.24) is 9.55 Å². The van der Waals surface area contributed by atoms with E-state index in [-0.39, 0.29) is 17.6 Å². The Morgan fingerprint density at radius 1 is 1.00 bits per heavy atom. The maximum Gasteiger partial charge on any atom is 0.258 e. The Balaban J connectivity index is 1.70. The lowest BCUT2D eigenvalue weighted by molar-refractivity contribution is 0.102. The van der Waals surface area contributed by atoms with Crippen LogP contribution in [0.3, 0.4) is 0 Å². The lowest BCUT2D eigenvalue weighted by atomic mass is 9.99. The van der Waals surface area contributed by atoms with Gasteiger partial charge in [-0.3, -0.25) is 14.6 Å². The topological polar surface area (TPSA) is 82.5 Å². The lowest BCUT2D eigenvalue weighted by Gasteiger charge is -2.15. The summed E-state index contributed by atoms with van der Waals surface area (Å²) in [7, 11) is 3.32. The Hall–Kier alpha value is -4.13. The molecule has 2 aromatic heterocycles. The van der Waals surface area contributed by atoms with Gasteiger partial charge in [-0.1, -0.05) is 6.07 Å². The molecule has 180 valence electrons. The summed E-state index contributed by atoms with van der Waals surface area (Å²) >= 11 is 0. The van der Waals surface area contributed by atoms with Crippen LogP contribution in [0, 0.1) is 13.8 Å². The smallest absolute Gasteiger partial charge is 0.258 e. The van der Waals surface area contributed by atoms with Crippen LogP contribution in [0.4, 0.5) is 5.69 Å². The summed E-state index contributed by atoms with van der Waals surface area (Å²) in [5.74, 6) is 0.773. The third-order valence-electron chi connectivity index (χ3n) is 5.82. The molecule has 0 bridgehead atoms. The number of ether oxygens (including phenoxy) is 2. The summed E-state index contributed by atoms with van der Waals surface area (Å²) in [6, 6.07) is 14.4. The highest BCUT2D eigenvalue weighted by molar-refractivity contribution is 6.05. The molecule has 0 unspecified atom stereocenters. The monoisotopic (exact) mass is 471 g/mol. The largest absolute Gasteiger partial charge is 0.493 e. The van der Waals surface area contributed by atoms with Crippen molar-refractivity contribution in [2.24, 2.45) is 7.05 Å². The number of benzene rings is 2. The highest BCUT2D eigenvalue weighted by atomic mass is 16.5. The minimum absolute atomic E-state index is 0.0643. The van der Waals surface area contributed by atoms with E-state index in [9.17, 15) is 9.59 Å². The number of rotatable bonds is 6. The van der Waals surface area contributed by atoms with Crippen LogP contribution < -0.4 is 20.3 Å². The zero-order valence-corrected chi connectivity index (χ0v) is 20.8. The van der Waals surface area contributed by atoms with Crippen molar-refractivity contribution >= 4 is 22.5 Å². The van der Waals surface area contributed by atoms with Crippen LogP contribution in [0.25, 0.3) is 22.0 Å². The molecule has 7 nitrogen and oxygen atoms in total. The van der Waals surface area contributed by atoms with Gasteiger partial charge in [0.25, 0.3) is 11.5 Å². The fourth-order valence-corrected chi connectivity index (χ4v) is 4.02. The molecule has 0 spiro atoms. The molecule has 0 fully saturated rings. The molecule has 7 heteroatoms. The second kappa shape index (κ2) is 9.62. The maximum absolute atomic E-state index is 13.2. The highest BCUT2D eigenvalue weighted by Gasteiger charge is 2.15. The molecule has 0 saturated carbocycles. The summed E-state index contributed by atoms with van der Waals surface area (Å²) in [5, 5.41) is 3.81. The van der Waals surface area contributed by atoms with Gasteiger partial charge in [-0.15, -0.1) is 0 Å². The van der Waals surface area contributed by atoms with Gasteiger partial charge in [-0.25, -0.2) is 0 Å². The number of aryl methyl sites for hydroxylation is 3. The molecule has 4 aromatic rings. The molecule has 0 aliphatic carbocycles. The Morgan fingerprint density at radius 3 is 2.49 bits per heavy atom. The molecule has 1 N–H and O–H groups in total. The first-order chi connectivity index (χ1) is 16.7. The van der Waals surface area contributed by atoms with E-state index in [0.717, 1.165) is 27.7 Å². The summed E-state index contributed by atoms with van der Waals surface area (Å²) in [6.45, 7) is 7.66. The quantitative estimate of drug-likeness (QED) is 0.415. The molecule has 0 saturated heterocycles. The molecule has 2 heterocycles. The van der Waals surface area contributed by atoms with E-state index in [4.69, 9.17) is 9.47 Å². The highest BCUT2D eigenvalue weighted by Crippen LogP contribution is 2.30. The third kappa shape index (κ3) is 4.89. The molecule has 1 amide bonds. The van der Waals surface area contributed by atoms with Gasteiger partial charge in [0, 0.05) is 41.1 Å². The van der Waals surface area contributed by atoms with Gasteiger partial charge in [-0.05, 0) is 81.3 Å². The molecule has 0 aliphatic rings. The second-order valence-corrected chi connectivity index (χ2v) is 8.82. The van der Waals surface area contributed by atoms with Gasteiger partial charge >= 0.3 is 0 Å². The van der Waals surface area contributed by atoms with Gasteiger partial charge in [0.05, 0.1) is 18.7 Å². The van der Waals surface area contributed by atoms with Crippen LogP contribution in [0.15, 0.2) is 59.5 Å². The van der Waals surface area contributed by atoms with Crippen molar-refractivity contribution in [3.63, 3.8) is 0 Å². The average Bonchev–Trinajstić information content (AvgIpc) is 2.82. The summed E-state index contributed by atoms with van der Waals surface area (Å²) in [4.78, 5) is 30.6. The Morgan fingerprint density at radius 2 is 1.77 bits per heavy atom. The third-order valence-corrected chi connectivity index (χ3v) is 5.82. The standard InChI is InChI=1S/C28H29N3O4/c1-16(2)35-26-13-19(8-10-25(26)34-6)27(32)30-21-9-7-17(3)22(14-21)23-12-20-15-29-18(4)11-24(20)31(5)28(23)33/h7-16H,1-6H3,(H,30,32). The van der Waals surface area contributed by atoms with Crippen LogP contribution in [0.1, 0.15) is 35.5 Å². The molecule has 2 aromatic carbocycles. The first-order valence-corrected chi connectivity index (χ1v) is 11.4. The van der Waals surface area contributed by atoms with Gasteiger partial charge < -0.3 is 19.4 Å². The Kier molecular flexibility index (Phi) is 6.60. The van der Waals surface area contributed by atoms with Crippen LogP contribution in [-0.4, -0.2) is 28.7 Å². The van der Waals surface area contributed by atoms with Crippen molar-refractivity contribution in [3.8, 4) is 22.6 Å². The van der Waals surface area contributed by atoms with Crippen molar-refractivity contribution in [2.75, 3.05) is 12.4 Å². The van der Waals surface area contributed by atoms with Gasteiger partial charge in [0.2, 0.25) is 0 Å². The second-order valence-electron chi connectivity index (χ2n) is 8.82. The summed E-state index contributed by atoms with van der Waals surface area (Å²) in [6.07, 6.45) is 1.71. The van der Waals surface area contributed by atoms with E-state index >= 15 is 0 Å². The minimum atomic E-state index is -0.290. The van der Waals surface area contributed by atoms with E-state index in [1.807, 2.05) is 58.0 Å². The van der Waals surface area contributed by atoms with E-state index in [0.29, 0.717) is 28.3 Å². The normalized spacial score (nSPS) is 11.1. The number of fused-ring (bicyclic) bond motifs is 1. The van der Waals surface area contributed by atoms with Crippen molar-refractivity contribution in [1.29, 1.82) is 0 Å². The minimum Gasteiger partial charge on any atom is -0.493 e. The van der Waals surface area contributed by atoms with Gasteiger partial charge in [0.1, 0.15) is 0 Å². The van der Waals surface area contributed by atoms with Crippen molar-refractivity contribution < 1.29 is 14.3 Å². The fraction of sp³-hybridized carbons (Fsp3) is 0.250. The zero-order chi connectivity index (χ0) is 25.3. The molecular weight excluding hydrogens is 442 g/mol. The number of anilines is 1. The number of aromatic nitrogens is 2. The zero-order valence-electron chi connectivity index (χ0n) is 20.8. The average molecular weight is 472 g/mol. The van der Waals surface area contributed by atoms with Gasteiger partial charge in [0.15, 0.2) is 11.5 Å². The van der Waals surface area contributed by atoms with Crippen molar-refractivity contribution in [3.05, 3.63) is 81.9 Å². The fourth-order valence-electron chi connectivity index (χ4n) is 4.02. The number of hydrogen-bond donors (Lipinski definition) is 1. The van der Waals surface area contributed by atoms with Crippen LogP contribution in [0.2, 0.25) is 0 Å². The SMILES string of the molecule is COc1ccc(C(=O)Nc2ccc(C)c(-c3cc4cnc(C)cc4n(C)c3=O)c2)cc1OC(C)C. The molecular formula is C28H29N3O4. The van der Waals surface area contributed by atoms with E-state index in [2.05, 4.69) is 10.3 Å². The maximum atomic E-state index is 13.2. The Labute approximate surface area is 204 Å². The van der Waals surface area contributed by atoms with Crippen LogP contribution >= 0.6 is 0 Å². The predicted octanol–water partition coefficient (Wildman–Crippen LogP) is 5.27. The number of nitrogens with one attached hydrogen (secondary N) is 1. The predicted molar refractivity (Wildman–Crippen MR) is 139 cm³/mol. The number of pyridine rings is 2. The molecule has 0 aliphatic heterocycles. The molecule has 0 radical (unpaired) electrons. The molecule has 4 rings (SSSR count). The van der Waals surface area contributed by atoms with E-state index < -0.39 is 0 Å². The van der Waals surface area contributed by atoms with Crippen LogP contribution in [-0.2, 0) is 7.05 Å². The number of nitrogens with zero attached hydrogens (tertiary/aromatic N) is 2. The van der Waals surface area contributed by atoms with E-state index in [1.165, 1.54) is 0 Å². The summed E-state index contributed by atoms with van der Waals surface area (Å²) in [5.41, 5.74) is 4.82. The number of amides is 1. The van der Waals surface area contributed by atoms with Crippen LogP contribution in [0.5, 0.6) is 11.5 Å². The molecule has 0 atom stereocenters. The van der Waals surface area contributed by atoms with Gasteiger partial charge in [-0.2, -0.15) is 0 Å². The molecule has 35 heavy (non-hydrogen) atoms. The first-order valence-electron chi connectivity index (χ1n) is 11.4. The number of methoxy groups -OCH3 is 1. The summed E-state index contributed by atoms with van der Waals surface area (Å²) < 4.78 is 12.8. The number of carbonyl (C=O) groups excluding carboxylic acids is 1. The first kappa shape index (κ1) is 24.0. The van der Waals surface area contributed by atoms with E-state index in [1.54, 1.807) is 43.1 Å².